The highest BCUT2D eigenvalue weighted by Gasteiger charge is 2.29. The summed E-state index contributed by atoms with van der Waals surface area (Å²) in [5, 5.41) is 9.03. The Morgan fingerprint density at radius 2 is 2.00 bits per heavy atom. The van der Waals surface area contributed by atoms with Crippen molar-refractivity contribution in [3.05, 3.63) is 0 Å². The Morgan fingerprint density at radius 1 is 1.44 bits per heavy atom. The summed E-state index contributed by atoms with van der Waals surface area (Å²) in [6.07, 6.45) is 2.06. The molecule has 0 spiro atoms. The summed E-state index contributed by atoms with van der Waals surface area (Å²) in [6.45, 7) is 1.77. The zero-order valence-corrected chi connectivity index (χ0v) is 10.5. The van der Waals surface area contributed by atoms with E-state index in [-0.39, 0.29) is 25.1 Å². The third kappa shape index (κ3) is 4.25. The summed E-state index contributed by atoms with van der Waals surface area (Å²) in [5.74, 6) is -0.812. The van der Waals surface area contributed by atoms with Crippen LogP contribution < -0.4 is 0 Å². The molecule has 96 valence electrons. The molecule has 0 amide bonds. The standard InChI is InChI=1S/C10H19NO4.ClH/c1-14-7-9(10(12)13)11-5-3-8(15-2)4-6-11;/h8-9H,3-7H2,1-2H3,(H,12,13);1H. The first kappa shape index (κ1) is 15.6. The zero-order chi connectivity index (χ0) is 11.3. The molecule has 1 saturated heterocycles. The lowest BCUT2D eigenvalue weighted by Gasteiger charge is -2.34. The van der Waals surface area contributed by atoms with E-state index in [1.807, 2.05) is 4.90 Å². The Bertz CT molecular complexity index is 207. The van der Waals surface area contributed by atoms with Gasteiger partial charge in [-0.2, -0.15) is 0 Å². The molecule has 0 bridgehead atoms. The molecule has 1 aliphatic heterocycles. The van der Waals surface area contributed by atoms with Gasteiger partial charge in [0.1, 0.15) is 6.04 Å². The van der Waals surface area contributed by atoms with E-state index >= 15 is 0 Å². The van der Waals surface area contributed by atoms with Crippen molar-refractivity contribution in [1.29, 1.82) is 0 Å². The van der Waals surface area contributed by atoms with E-state index in [0.29, 0.717) is 0 Å². The van der Waals surface area contributed by atoms with E-state index in [2.05, 4.69) is 0 Å². The summed E-state index contributed by atoms with van der Waals surface area (Å²) < 4.78 is 10.2. The molecule has 1 heterocycles. The van der Waals surface area contributed by atoms with Crippen molar-refractivity contribution in [3.63, 3.8) is 0 Å². The number of hydrogen-bond donors (Lipinski definition) is 1. The van der Waals surface area contributed by atoms with Gasteiger partial charge in [-0.15, -0.1) is 12.4 Å². The van der Waals surface area contributed by atoms with Crippen LogP contribution in [-0.4, -0.2) is 62.0 Å². The van der Waals surface area contributed by atoms with Crippen LogP contribution in [0.4, 0.5) is 0 Å². The molecule has 1 N–H and O–H groups in total. The Hall–Kier alpha value is -0.360. The number of piperidine rings is 1. The van der Waals surface area contributed by atoms with Gasteiger partial charge in [0, 0.05) is 27.3 Å². The molecule has 6 heteroatoms. The van der Waals surface area contributed by atoms with Crippen molar-refractivity contribution in [1.82, 2.24) is 4.90 Å². The molecule has 1 fully saturated rings. The first-order chi connectivity index (χ1) is 7.19. The Labute approximate surface area is 102 Å². The van der Waals surface area contributed by atoms with Crippen LogP contribution in [0, 0.1) is 0 Å². The monoisotopic (exact) mass is 253 g/mol. The number of halogens is 1. The van der Waals surface area contributed by atoms with E-state index < -0.39 is 12.0 Å². The van der Waals surface area contributed by atoms with Gasteiger partial charge >= 0.3 is 5.97 Å². The Kier molecular flexibility index (Phi) is 7.66. The molecular formula is C10H20ClNO4. The first-order valence-corrected chi connectivity index (χ1v) is 5.17. The summed E-state index contributed by atoms with van der Waals surface area (Å²) in [4.78, 5) is 12.9. The number of carbonyl (C=O) groups is 1. The molecule has 1 unspecified atom stereocenters. The van der Waals surface area contributed by atoms with Crippen LogP contribution in [0.5, 0.6) is 0 Å². The minimum absolute atomic E-state index is 0. The second-order valence-corrected chi connectivity index (χ2v) is 3.78. The fraction of sp³-hybridized carbons (Fsp3) is 0.900. The maximum Gasteiger partial charge on any atom is 0.323 e. The smallest absolute Gasteiger partial charge is 0.323 e. The number of nitrogens with zero attached hydrogens (tertiary/aromatic N) is 1. The molecule has 1 aliphatic rings. The lowest BCUT2D eigenvalue weighted by molar-refractivity contribution is -0.146. The summed E-state index contributed by atoms with van der Waals surface area (Å²) in [5.41, 5.74) is 0. The quantitative estimate of drug-likeness (QED) is 0.778. The highest BCUT2D eigenvalue weighted by Crippen LogP contribution is 2.15. The van der Waals surface area contributed by atoms with Crippen molar-refractivity contribution in [2.75, 3.05) is 33.9 Å². The van der Waals surface area contributed by atoms with Gasteiger partial charge in [-0.1, -0.05) is 0 Å². The minimum atomic E-state index is -0.812. The van der Waals surface area contributed by atoms with Gasteiger partial charge in [0.25, 0.3) is 0 Å². The molecule has 1 rings (SSSR count). The second-order valence-electron chi connectivity index (χ2n) is 3.78. The van der Waals surface area contributed by atoms with Gasteiger partial charge in [-0.3, -0.25) is 9.69 Å². The normalized spacial score (nSPS) is 20.1. The molecule has 16 heavy (non-hydrogen) atoms. The molecule has 0 radical (unpaired) electrons. The highest BCUT2D eigenvalue weighted by atomic mass is 35.5. The number of likely N-dealkylation sites (tertiary alicyclic amines) is 1. The van der Waals surface area contributed by atoms with Crippen LogP contribution >= 0.6 is 12.4 Å². The van der Waals surface area contributed by atoms with Gasteiger partial charge in [0.2, 0.25) is 0 Å². The van der Waals surface area contributed by atoms with Crippen molar-refractivity contribution >= 4 is 18.4 Å². The number of aliphatic carboxylic acids is 1. The Balaban J connectivity index is 0.00000225. The molecule has 5 nitrogen and oxygen atoms in total. The predicted octanol–water partition coefficient (Wildman–Crippen LogP) is 0.619. The SMILES string of the molecule is COCC(C(=O)O)N1CCC(OC)CC1.Cl. The topological polar surface area (TPSA) is 59.0 Å². The third-order valence-corrected chi connectivity index (χ3v) is 2.86. The van der Waals surface area contributed by atoms with E-state index in [9.17, 15) is 4.79 Å². The molecular weight excluding hydrogens is 234 g/mol. The fourth-order valence-electron chi connectivity index (χ4n) is 1.91. The van der Waals surface area contributed by atoms with Crippen molar-refractivity contribution in [2.24, 2.45) is 0 Å². The molecule has 0 saturated carbocycles. The van der Waals surface area contributed by atoms with Crippen molar-refractivity contribution < 1.29 is 19.4 Å². The number of methoxy groups -OCH3 is 2. The summed E-state index contributed by atoms with van der Waals surface area (Å²) >= 11 is 0. The number of hydrogen-bond acceptors (Lipinski definition) is 4. The van der Waals surface area contributed by atoms with Gasteiger partial charge in [0.15, 0.2) is 0 Å². The maximum absolute atomic E-state index is 11.0. The van der Waals surface area contributed by atoms with Crippen LogP contribution in [0.2, 0.25) is 0 Å². The van der Waals surface area contributed by atoms with Crippen LogP contribution in [0.1, 0.15) is 12.8 Å². The third-order valence-electron chi connectivity index (χ3n) is 2.86. The predicted molar refractivity (Wildman–Crippen MR) is 62.2 cm³/mol. The van der Waals surface area contributed by atoms with Crippen LogP contribution in [0.3, 0.4) is 0 Å². The number of carboxylic acids is 1. The zero-order valence-electron chi connectivity index (χ0n) is 9.72. The average molecular weight is 254 g/mol. The molecule has 0 aromatic carbocycles. The first-order valence-electron chi connectivity index (χ1n) is 5.17. The molecule has 0 aliphatic carbocycles. The maximum atomic E-state index is 11.0. The van der Waals surface area contributed by atoms with E-state index in [0.717, 1.165) is 25.9 Å². The van der Waals surface area contributed by atoms with E-state index in [1.54, 1.807) is 7.11 Å². The average Bonchev–Trinajstić information content (AvgIpc) is 2.26. The number of carboxylic acid groups (broad SMARTS) is 1. The lowest BCUT2D eigenvalue weighted by atomic mass is 10.1. The minimum Gasteiger partial charge on any atom is -0.480 e. The van der Waals surface area contributed by atoms with Crippen molar-refractivity contribution in [2.45, 2.75) is 25.0 Å². The van der Waals surface area contributed by atoms with E-state index in [1.165, 1.54) is 7.11 Å². The van der Waals surface area contributed by atoms with Crippen LogP contribution in [0.15, 0.2) is 0 Å². The van der Waals surface area contributed by atoms with Gasteiger partial charge in [0.05, 0.1) is 12.7 Å². The molecule has 1 atom stereocenters. The van der Waals surface area contributed by atoms with Crippen LogP contribution in [0.25, 0.3) is 0 Å². The number of rotatable bonds is 5. The van der Waals surface area contributed by atoms with Crippen LogP contribution in [-0.2, 0) is 14.3 Å². The fourth-order valence-corrected chi connectivity index (χ4v) is 1.91. The lowest BCUT2D eigenvalue weighted by Crippen LogP contribution is -2.49. The summed E-state index contributed by atoms with van der Waals surface area (Å²) in [6, 6.07) is -0.521. The molecule has 0 aromatic heterocycles. The van der Waals surface area contributed by atoms with E-state index in [4.69, 9.17) is 14.6 Å². The summed E-state index contributed by atoms with van der Waals surface area (Å²) in [7, 11) is 3.22. The van der Waals surface area contributed by atoms with Gasteiger partial charge in [-0.05, 0) is 12.8 Å². The highest BCUT2D eigenvalue weighted by molar-refractivity contribution is 5.85. The molecule has 0 aromatic rings. The van der Waals surface area contributed by atoms with Crippen molar-refractivity contribution in [3.8, 4) is 0 Å². The van der Waals surface area contributed by atoms with Gasteiger partial charge < -0.3 is 14.6 Å². The second kappa shape index (κ2) is 7.84. The largest absolute Gasteiger partial charge is 0.480 e. The Morgan fingerprint density at radius 3 is 2.38 bits per heavy atom. The number of ether oxygens (including phenoxy) is 2. The van der Waals surface area contributed by atoms with Gasteiger partial charge in [-0.25, -0.2) is 0 Å².